The van der Waals surface area contributed by atoms with Gasteiger partial charge >= 0.3 is 41.8 Å². The topological polar surface area (TPSA) is 239 Å². The predicted molar refractivity (Wildman–Crippen MR) is 172 cm³/mol. The average molecular weight is 787 g/mol. The van der Waals surface area contributed by atoms with E-state index in [1.807, 2.05) is 0 Å². The maximum atomic E-state index is 12.5. The second-order valence-electron chi connectivity index (χ2n) is 11.4. The van der Waals surface area contributed by atoms with Crippen molar-refractivity contribution in [3.8, 4) is 0 Å². The van der Waals surface area contributed by atoms with Gasteiger partial charge in [0, 0.05) is 54.3 Å². The summed E-state index contributed by atoms with van der Waals surface area (Å²) in [7, 11) is 0. The Balaban J connectivity index is 2.59. The number of hydrogen-bond donors (Lipinski definition) is 0. The lowest BCUT2D eigenvalue weighted by molar-refractivity contribution is -0.361. The summed E-state index contributed by atoms with van der Waals surface area (Å²) in [6, 6.07) is 0. The van der Waals surface area contributed by atoms with Crippen molar-refractivity contribution >= 4 is 53.4 Å². The highest BCUT2D eigenvalue weighted by molar-refractivity contribution is 6.17. The summed E-state index contributed by atoms with van der Waals surface area (Å²) in [6.45, 7) is 7.04. The second-order valence-corrected chi connectivity index (χ2v) is 11.8. The molecule has 21 heteroatoms. The summed E-state index contributed by atoms with van der Waals surface area (Å²) in [5.74, 6) is -5.58. The van der Waals surface area contributed by atoms with Crippen LogP contribution in [0.1, 0.15) is 48.5 Å². The van der Waals surface area contributed by atoms with E-state index in [-0.39, 0.29) is 26.4 Å². The average Bonchev–Trinajstić information content (AvgIpc) is 3.04. The van der Waals surface area contributed by atoms with Gasteiger partial charge in [0.25, 0.3) is 0 Å². The number of alkyl halides is 1. The summed E-state index contributed by atoms with van der Waals surface area (Å²) in [4.78, 5) is 85.4. The van der Waals surface area contributed by atoms with E-state index in [9.17, 15) is 33.6 Å². The molecule has 0 aliphatic carbocycles. The van der Waals surface area contributed by atoms with Crippen LogP contribution in [0, 0.1) is 0 Å². The monoisotopic (exact) mass is 786 g/mol. The van der Waals surface area contributed by atoms with Crippen molar-refractivity contribution in [2.24, 2.45) is 0 Å². The zero-order valence-corrected chi connectivity index (χ0v) is 31.2. The Hall–Kier alpha value is -3.66. The van der Waals surface area contributed by atoms with Crippen LogP contribution in [0.5, 0.6) is 0 Å². The number of rotatable bonds is 20. The third-order valence-electron chi connectivity index (χ3n) is 6.99. The van der Waals surface area contributed by atoms with Crippen LogP contribution >= 0.6 is 11.6 Å². The first-order valence-electron chi connectivity index (χ1n) is 16.5. The van der Waals surface area contributed by atoms with Crippen LogP contribution in [0.3, 0.4) is 0 Å². The molecule has 0 aromatic rings. The van der Waals surface area contributed by atoms with Crippen LogP contribution in [0.15, 0.2) is 0 Å². The van der Waals surface area contributed by atoms with E-state index >= 15 is 0 Å². The number of ether oxygens (including phenoxy) is 13. The summed E-state index contributed by atoms with van der Waals surface area (Å²) in [6.07, 6.45) is -15.6. The molecule has 2 aliphatic heterocycles. The van der Waals surface area contributed by atoms with Gasteiger partial charge in [-0.25, -0.2) is 0 Å². The first kappa shape index (κ1) is 45.5. The molecule has 0 unspecified atom stereocenters. The second kappa shape index (κ2) is 23.2. The van der Waals surface area contributed by atoms with E-state index in [0.29, 0.717) is 12.5 Å². The Morgan fingerprint density at radius 3 is 1.30 bits per heavy atom. The third kappa shape index (κ3) is 16.1. The zero-order valence-electron chi connectivity index (χ0n) is 30.5. The van der Waals surface area contributed by atoms with Crippen molar-refractivity contribution < 1.29 is 95.1 Å². The molecule has 0 saturated carbocycles. The minimum atomic E-state index is -1.80. The molecule has 0 amide bonds. The minimum Gasteiger partial charge on any atom is -0.463 e. The summed E-state index contributed by atoms with van der Waals surface area (Å²) in [5, 5.41) is 0. The van der Waals surface area contributed by atoms with Gasteiger partial charge in [0.05, 0.1) is 33.0 Å². The highest BCUT2D eigenvalue weighted by Crippen LogP contribution is 2.35. The van der Waals surface area contributed by atoms with Crippen LogP contribution in [0.2, 0.25) is 0 Å². The standard InChI is InChI=1S/C32H47ClO20/c1-16(34)44-14-23-25(46-18(3)36)27(47-19(4)37)30(50-22(7)40)32(52-23)53-26-24(15-45-17(2)35)51-31(43-13-12-42-11-10-41-9-8-33)29(49-21(6)39)28(26)48-20(5)38/h23-32H,8-15H2,1-7H3/t23-,24-,25+,26-,27+,28+,29-,30-,31-,32+/m1/s1. The van der Waals surface area contributed by atoms with Gasteiger partial charge in [-0.1, -0.05) is 0 Å². The molecular formula is C32H47ClO20. The Labute approximate surface area is 310 Å². The fraction of sp³-hybridized carbons (Fsp3) is 0.781. The highest BCUT2D eigenvalue weighted by atomic mass is 35.5. The molecule has 20 nitrogen and oxygen atoms in total. The quantitative estimate of drug-likeness (QED) is 0.0677. The van der Waals surface area contributed by atoms with Crippen molar-refractivity contribution in [2.45, 2.75) is 110 Å². The van der Waals surface area contributed by atoms with Crippen LogP contribution < -0.4 is 0 Å². The Kier molecular flexibility index (Phi) is 19.9. The Morgan fingerprint density at radius 1 is 0.453 bits per heavy atom. The maximum absolute atomic E-state index is 12.5. The van der Waals surface area contributed by atoms with Crippen molar-refractivity contribution in [3.05, 3.63) is 0 Å². The van der Waals surface area contributed by atoms with Gasteiger partial charge in [-0.3, -0.25) is 33.6 Å². The highest BCUT2D eigenvalue weighted by Gasteiger charge is 2.57. The van der Waals surface area contributed by atoms with Gasteiger partial charge in [-0.15, -0.1) is 11.6 Å². The lowest BCUT2D eigenvalue weighted by Crippen LogP contribution is -2.67. The lowest BCUT2D eigenvalue weighted by Gasteiger charge is -2.48. The van der Waals surface area contributed by atoms with Crippen molar-refractivity contribution in [3.63, 3.8) is 0 Å². The molecule has 2 fully saturated rings. The fourth-order valence-corrected chi connectivity index (χ4v) is 5.32. The molecule has 0 aromatic heterocycles. The van der Waals surface area contributed by atoms with Gasteiger partial charge < -0.3 is 61.6 Å². The van der Waals surface area contributed by atoms with Gasteiger partial charge in [0.2, 0.25) is 0 Å². The number of carbonyl (C=O) groups is 7. The number of halogens is 1. The number of carbonyl (C=O) groups excluding carboxylic acids is 7. The molecule has 302 valence electrons. The molecule has 10 atom stereocenters. The normalized spacial score (nSPS) is 28.2. The van der Waals surface area contributed by atoms with E-state index in [4.69, 9.17) is 73.2 Å². The first-order chi connectivity index (χ1) is 25.0. The van der Waals surface area contributed by atoms with E-state index in [1.54, 1.807) is 0 Å². The first-order valence-corrected chi connectivity index (χ1v) is 17.0. The van der Waals surface area contributed by atoms with Crippen molar-refractivity contribution in [1.29, 1.82) is 0 Å². The van der Waals surface area contributed by atoms with Gasteiger partial charge in [-0.05, 0) is 0 Å². The fourth-order valence-electron chi connectivity index (χ4n) is 5.21. The Morgan fingerprint density at radius 2 is 0.830 bits per heavy atom. The van der Waals surface area contributed by atoms with E-state index in [2.05, 4.69) is 0 Å². The van der Waals surface area contributed by atoms with Crippen molar-refractivity contribution in [1.82, 2.24) is 0 Å². The smallest absolute Gasteiger partial charge is 0.303 e. The summed E-state index contributed by atoms with van der Waals surface area (Å²) >= 11 is 5.58. The molecule has 0 bridgehead atoms. The number of hydrogen-bond acceptors (Lipinski definition) is 20. The van der Waals surface area contributed by atoms with E-state index in [1.165, 1.54) is 0 Å². The van der Waals surface area contributed by atoms with Crippen molar-refractivity contribution in [2.75, 3.05) is 52.1 Å². The molecule has 0 radical (unpaired) electrons. The summed E-state index contributed by atoms with van der Waals surface area (Å²) in [5.41, 5.74) is 0. The molecular weight excluding hydrogens is 740 g/mol. The molecule has 0 spiro atoms. The predicted octanol–water partition coefficient (Wildman–Crippen LogP) is -0.105. The summed E-state index contributed by atoms with van der Waals surface area (Å²) < 4.78 is 72.8. The molecule has 2 rings (SSSR count). The molecule has 2 saturated heterocycles. The van der Waals surface area contributed by atoms with E-state index in [0.717, 1.165) is 48.5 Å². The van der Waals surface area contributed by atoms with Crippen LogP contribution in [-0.2, 0) is 95.1 Å². The maximum Gasteiger partial charge on any atom is 0.303 e. The van der Waals surface area contributed by atoms with Crippen LogP contribution in [0.4, 0.5) is 0 Å². The SMILES string of the molecule is CC(=O)OC[C@H]1O[C@@H](O[C@H]2[C@H](OC(C)=O)[C@@H](OC(C)=O)[C@H](OCCOCCOCCCl)O[C@@H]2COC(C)=O)[C@H](OC(C)=O)[C@@H](OC(C)=O)[C@H]1OC(C)=O. The van der Waals surface area contributed by atoms with Crippen LogP contribution in [0.25, 0.3) is 0 Å². The lowest BCUT2D eigenvalue weighted by atomic mass is 9.96. The van der Waals surface area contributed by atoms with Crippen LogP contribution in [-0.4, -0.2) is 155 Å². The number of esters is 7. The molecule has 0 aromatic carbocycles. The third-order valence-corrected chi connectivity index (χ3v) is 7.14. The largest absolute Gasteiger partial charge is 0.463 e. The van der Waals surface area contributed by atoms with E-state index < -0.39 is 116 Å². The van der Waals surface area contributed by atoms with Gasteiger partial charge in [0.1, 0.15) is 31.5 Å². The zero-order chi connectivity index (χ0) is 39.7. The molecule has 0 N–H and O–H groups in total. The molecule has 2 heterocycles. The van der Waals surface area contributed by atoms with Gasteiger partial charge in [0.15, 0.2) is 43.1 Å². The molecule has 53 heavy (non-hydrogen) atoms. The Bertz CT molecular complexity index is 1250. The van der Waals surface area contributed by atoms with Gasteiger partial charge in [-0.2, -0.15) is 0 Å². The molecule has 2 aliphatic rings. The minimum absolute atomic E-state index is 0.0222.